The van der Waals surface area contributed by atoms with Gasteiger partial charge in [0.05, 0.1) is 0 Å². The summed E-state index contributed by atoms with van der Waals surface area (Å²) in [4.78, 5) is 9.82. The summed E-state index contributed by atoms with van der Waals surface area (Å²) in [5, 5.41) is 0. The lowest BCUT2D eigenvalue weighted by Crippen LogP contribution is -1.74. The van der Waals surface area contributed by atoms with E-state index in [1.165, 1.54) is 0 Å². The van der Waals surface area contributed by atoms with Gasteiger partial charge in [0.1, 0.15) is 0 Å². The lowest BCUT2D eigenvalue weighted by Gasteiger charge is -1.83. The Bertz CT molecular complexity index is 92.6. The van der Waals surface area contributed by atoms with E-state index in [9.17, 15) is 4.79 Å². The van der Waals surface area contributed by atoms with E-state index < -0.39 is 0 Å². The van der Waals surface area contributed by atoms with Crippen LogP contribution in [0.1, 0.15) is 26.7 Å². The van der Waals surface area contributed by atoms with Gasteiger partial charge in [-0.25, -0.2) is 0 Å². The summed E-state index contributed by atoms with van der Waals surface area (Å²) < 4.78 is 0. The van der Waals surface area contributed by atoms with E-state index >= 15 is 0 Å². The molecule has 0 saturated carbocycles. The second-order valence-electron chi connectivity index (χ2n) is 1.78. The third-order valence-electron chi connectivity index (χ3n) is 0.900. The van der Waals surface area contributed by atoms with Gasteiger partial charge in [0.25, 0.3) is 0 Å². The van der Waals surface area contributed by atoms with Crippen molar-refractivity contribution in [2.24, 2.45) is 0 Å². The van der Waals surface area contributed by atoms with Crippen LogP contribution in [-0.2, 0) is 4.79 Å². The SMILES string of the molecule is CCC/C=C(\C)[C]=O. The summed E-state index contributed by atoms with van der Waals surface area (Å²) in [7, 11) is 0. The van der Waals surface area contributed by atoms with Gasteiger partial charge in [-0.05, 0) is 18.9 Å². The molecule has 45 valence electrons. The molecule has 0 bridgehead atoms. The van der Waals surface area contributed by atoms with Crippen LogP contribution in [0.5, 0.6) is 0 Å². The minimum atomic E-state index is 0.715. The minimum Gasteiger partial charge on any atom is -0.285 e. The second-order valence-corrected chi connectivity index (χ2v) is 1.78. The van der Waals surface area contributed by atoms with Gasteiger partial charge in [-0.2, -0.15) is 0 Å². The standard InChI is InChI=1S/C7H11O/c1-3-4-5-7(2)6-8/h5H,3-4H2,1-2H3/b7-5+. The fourth-order valence-electron chi connectivity index (χ4n) is 0.403. The predicted octanol–water partition coefficient (Wildman–Crippen LogP) is 1.84. The van der Waals surface area contributed by atoms with Gasteiger partial charge in [0, 0.05) is 0 Å². The molecule has 0 aliphatic heterocycles. The number of rotatable bonds is 3. The number of hydrogen-bond donors (Lipinski definition) is 0. The molecule has 8 heavy (non-hydrogen) atoms. The highest BCUT2D eigenvalue weighted by Crippen LogP contribution is 1.93. The van der Waals surface area contributed by atoms with Crippen molar-refractivity contribution in [2.75, 3.05) is 0 Å². The van der Waals surface area contributed by atoms with E-state index in [4.69, 9.17) is 0 Å². The molecule has 1 heteroatoms. The van der Waals surface area contributed by atoms with Gasteiger partial charge in [-0.3, -0.25) is 4.79 Å². The van der Waals surface area contributed by atoms with Crippen LogP contribution >= 0.6 is 0 Å². The Morgan fingerprint density at radius 3 is 2.75 bits per heavy atom. The van der Waals surface area contributed by atoms with Crippen LogP contribution in [0.15, 0.2) is 11.6 Å². The van der Waals surface area contributed by atoms with Gasteiger partial charge in [-0.15, -0.1) is 0 Å². The average molecular weight is 111 g/mol. The third kappa shape index (κ3) is 3.59. The van der Waals surface area contributed by atoms with Crippen LogP contribution < -0.4 is 0 Å². The van der Waals surface area contributed by atoms with Gasteiger partial charge in [0.15, 0.2) is 0 Å². The van der Waals surface area contributed by atoms with E-state index in [1.54, 1.807) is 6.92 Å². The molecule has 0 heterocycles. The topological polar surface area (TPSA) is 17.1 Å². The first-order valence-electron chi connectivity index (χ1n) is 2.86. The Labute approximate surface area is 50.4 Å². The molecular weight excluding hydrogens is 100 g/mol. The van der Waals surface area contributed by atoms with Crippen molar-refractivity contribution in [1.29, 1.82) is 0 Å². The second kappa shape index (κ2) is 4.57. The predicted molar refractivity (Wildman–Crippen MR) is 34.4 cm³/mol. The molecule has 1 nitrogen and oxygen atoms in total. The molecule has 0 aromatic rings. The molecule has 0 aromatic carbocycles. The van der Waals surface area contributed by atoms with Crippen molar-refractivity contribution in [3.8, 4) is 0 Å². The minimum absolute atomic E-state index is 0.715. The molecule has 0 aliphatic rings. The van der Waals surface area contributed by atoms with Crippen molar-refractivity contribution >= 4 is 6.29 Å². The molecule has 0 rings (SSSR count). The van der Waals surface area contributed by atoms with Crippen LogP contribution in [-0.4, -0.2) is 6.29 Å². The lowest BCUT2D eigenvalue weighted by atomic mass is 10.2. The first kappa shape index (κ1) is 7.41. The molecule has 0 fully saturated rings. The monoisotopic (exact) mass is 111 g/mol. The van der Waals surface area contributed by atoms with Gasteiger partial charge in [0.2, 0.25) is 6.29 Å². The number of allylic oxidation sites excluding steroid dienone is 2. The van der Waals surface area contributed by atoms with Crippen molar-refractivity contribution < 1.29 is 4.79 Å². The third-order valence-corrected chi connectivity index (χ3v) is 0.900. The largest absolute Gasteiger partial charge is 0.285 e. The van der Waals surface area contributed by atoms with Crippen molar-refractivity contribution in [2.45, 2.75) is 26.7 Å². The Morgan fingerprint density at radius 1 is 1.75 bits per heavy atom. The van der Waals surface area contributed by atoms with Gasteiger partial charge >= 0.3 is 0 Å². The van der Waals surface area contributed by atoms with Crippen molar-refractivity contribution in [1.82, 2.24) is 0 Å². The van der Waals surface area contributed by atoms with Crippen LogP contribution in [0.3, 0.4) is 0 Å². The molecule has 0 N–H and O–H groups in total. The molecule has 0 aliphatic carbocycles. The molecular formula is C7H11O. The molecule has 0 saturated heterocycles. The average Bonchev–Trinajstić information content (AvgIpc) is 1.83. The van der Waals surface area contributed by atoms with E-state index in [1.807, 2.05) is 12.4 Å². The van der Waals surface area contributed by atoms with Gasteiger partial charge < -0.3 is 0 Å². The molecule has 0 atom stereocenters. The molecule has 1 radical (unpaired) electrons. The Kier molecular flexibility index (Phi) is 4.23. The molecule has 0 spiro atoms. The van der Waals surface area contributed by atoms with E-state index in [2.05, 4.69) is 6.92 Å². The van der Waals surface area contributed by atoms with Crippen molar-refractivity contribution in [3.63, 3.8) is 0 Å². The summed E-state index contributed by atoms with van der Waals surface area (Å²) in [5.41, 5.74) is 0.715. The summed E-state index contributed by atoms with van der Waals surface area (Å²) in [6.07, 6.45) is 5.79. The Hall–Kier alpha value is -0.590. The summed E-state index contributed by atoms with van der Waals surface area (Å²) in [6.45, 7) is 3.84. The maximum Gasteiger partial charge on any atom is 0.228 e. The number of carbonyl (C=O) groups excluding carboxylic acids is 1. The summed E-state index contributed by atoms with van der Waals surface area (Å²) in [6, 6.07) is 0. The van der Waals surface area contributed by atoms with Crippen LogP contribution in [0.2, 0.25) is 0 Å². The highest BCUT2D eigenvalue weighted by atomic mass is 16.1. The Morgan fingerprint density at radius 2 is 2.38 bits per heavy atom. The van der Waals surface area contributed by atoms with Crippen LogP contribution in [0.25, 0.3) is 0 Å². The molecule has 0 aromatic heterocycles. The van der Waals surface area contributed by atoms with Crippen LogP contribution in [0, 0.1) is 0 Å². The first-order valence-corrected chi connectivity index (χ1v) is 2.86. The highest BCUT2D eigenvalue weighted by Gasteiger charge is 1.81. The highest BCUT2D eigenvalue weighted by molar-refractivity contribution is 5.72. The zero-order chi connectivity index (χ0) is 6.41. The summed E-state index contributed by atoms with van der Waals surface area (Å²) >= 11 is 0. The first-order chi connectivity index (χ1) is 3.81. The van der Waals surface area contributed by atoms with E-state index in [-0.39, 0.29) is 0 Å². The van der Waals surface area contributed by atoms with Gasteiger partial charge in [-0.1, -0.05) is 19.4 Å². The maximum atomic E-state index is 9.82. The quantitative estimate of drug-likeness (QED) is 0.508. The number of hydrogen-bond acceptors (Lipinski definition) is 1. The fraction of sp³-hybridized carbons (Fsp3) is 0.571. The van der Waals surface area contributed by atoms with E-state index in [0.717, 1.165) is 12.8 Å². The Balaban J connectivity index is 3.40. The fourth-order valence-corrected chi connectivity index (χ4v) is 0.403. The lowest BCUT2D eigenvalue weighted by molar-refractivity contribution is 0.561. The normalized spacial score (nSPS) is 11.5. The van der Waals surface area contributed by atoms with Crippen molar-refractivity contribution in [3.05, 3.63) is 11.6 Å². The zero-order valence-electron chi connectivity index (χ0n) is 5.40. The van der Waals surface area contributed by atoms with E-state index in [0.29, 0.717) is 5.57 Å². The number of unbranched alkanes of at least 4 members (excludes halogenated alkanes) is 1. The maximum absolute atomic E-state index is 9.82. The summed E-state index contributed by atoms with van der Waals surface area (Å²) in [5.74, 6) is 0. The molecule has 0 amide bonds. The van der Waals surface area contributed by atoms with Crippen LogP contribution in [0.4, 0.5) is 0 Å². The molecule has 0 unspecified atom stereocenters. The zero-order valence-corrected chi connectivity index (χ0v) is 5.40. The smallest absolute Gasteiger partial charge is 0.228 e.